The summed E-state index contributed by atoms with van der Waals surface area (Å²) in [4.78, 5) is 37.4. The number of hydrogen-bond acceptors (Lipinski definition) is 9. The largest absolute Gasteiger partial charge is 0.408 e. The number of fused-ring (bicyclic) bond motifs is 1. The molecule has 0 bridgehead atoms. The van der Waals surface area contributed by atoms with Gasteiger partial charge in [0.25, 0.3) is 11.5 Å². The van der Waals surface area contributed by atoms with Crippen LogP contribution in [0.5, 0.6) is 0 Å². The minimum absolute atomic E-state index is 0.0137. The van der Waals surface area contributed by atoms with E-state index in [9.17, 15) is 31.2 Å². The molecule has 0 radical (unpaired) electrons. The lowest BCUT2D eigenvalue weighted by atomic mass is 9.93. The molecular formula is C29H32ClF3N8O4S. The Labute approximate surface area is 267 Å². The number of pyridine rings is 1. The summed E-state index contributed by atoms with van der Waals surface area (Å²) in [5.41, 5.74) is 2.24. The third kappa shape index (κ3) is 7.44. The lowest BCUT2D eigenvalue weighted by Crippen LogP contribution is -2.38. The molecule has 1 aliphatic heterocycles. The van der Waals surface area contributed by atoms with Crippen molar-refractivity contribution in [2.45, 2.75) is 51.4 Å². The monoisotopic (exact) mass is 680 g/mol. The summed E-state index contributed by atoms with van der Waals surface area (Å²) in [6, 6.07) is 6.02. The number of amides is 1. The van der Waals surface area contributed by atoms with E-state index in [1.54, 1.807) is 20.0 Å². The van der Waals surface area contributed by atoms with Gasteiger partial charge in [0.1, 0.15) is 11.7 Å². The van der Waals surface area contributed by atoms with Crippen LogP contribution in [0, 0.1) is 6.92 Å². The summed E-state index contributed by atoms with van der Waals surface area (Å²) in [5, 5.41) is 7.45. The molecule has 1 fully saturated rings. The Balaban J connectivity index is 1.49. The zero-order chi connectivity index (χ0) is 33.6. The molecule has 1 amide bonds. The summed E-state index contributed by atoms with van der Waals surface area (Å²) < 4.78 is 66.3. The Bertz CT molecular complexity index is 1980. The van der Waals surface area contributed by atoms with Crippen molar-refractivity contribution in [2.75, 3.05) is 29.6 Å². The Kier molecular flexibility index (Phi) is 9.05. The second-order valence-corrected chi connectivity index (χ2v) is 13.6. The molecule has 3 aromatic heterocycles. The van der Waals surface area contributed by atoms with Crippen molar-refractivity contribution in [3.05, 3.63) is 74.6 Å². The van der Waals surface area contributed by atoms with Crippen molar-refractivity contribution in [3.8, 4) is 0 Å². The van der Waals surface area contributed by atoms with E-state index in [2.05, 4.69) is 15.4 Å². The lowest BCUT2D eigenvalue weighted by Gasteiger charge is -2.34. The van der Waals surface area contributed by atoms with Crippen molar-refractivity contribution in [1.29, 1.82) is 0 Å². The predicted molar refractivity (Wildman–Crippen MR) is 168 cm³/mol. The number of piperidine rings is 1. The zero-order valence-corrected chi connectivity index (χ0v) is 27.0. The third-order valence-corrected chi connectivity index (χ3v) is 8.46. The van der Waals surface area contributed by atoms with E-state index in [0.29, 0.717) is 41.1 Å². The molecule has 1 saturated heterocycles. The fourth-order valence-corrected chi connectivity index (χ4v) is 6.28. The molecule has 0 aliphatic carbocycles. The van der Waals surface area contributed by atoms with Crippen molar-refractivity contribution < 1.29 is 26.4 Å². The van der Waals surface area contributed by atoms with Crippen LogP contribution in [-0.2, 0) is 23.6 Å². The van der Waals surface area contributed by atoms with Crippen LogP contribution >= 0.6 is 11.6 Å². The quantitative estimate of drug-likeness (QED) is 0.261. The van der Waals surface area contributed by atoms with Gasteiger partial charge in [0.05, 0.1) is 35.1 Å². The number of rotatable bonds is 8. The second kappa shape index (κ2) is 12.5. The van der Waals surface area contributed by atoms with E-state index >= 15 is 0 Å². The van der Waals surface area contributed by atoms with Gasteiger partial charge < -0.3 is 10.2 Å². The Morgan fingerprint density at radius 1 is 1.22 bits per heavy atom. The molecule has 12 nitrogen and oxygen atoms in total. The average Bonchev–Trinajstić information content (AvgIpc) is 3.41. The van der Waals surface area contributed by atoms with Crippen LogP contribution in [0.1, 0.15) is 58.9 Å². The highest BCUT2D eigenvalue weighted by Crippen LogP contribution is 2.32. The number of halogens is 4. The van der Waals surface area contributed by atoms with Crippen molar-refractivity contribution in [1.82, 2.24) is 29.0 Å². The van der Waals surface area contributed by atoms with Gasteiger partial charge in [-0.05, 0) is 56.0 Å². The number of anilines is 2. The molecule has 17 heteroatoms. The molecule has 0 saturated carbocycles. The molecule has 0 spiro atoms. The standard InChI is InChI=1S/C29H32ClF3N8O4S/c1-16-10-20(17(2)35-22-7-8-23(30)36-25(22)26(42)38-46(4,44)45)24-21(11-16)27(43)39(3)28(37-24)40-9-5-6-18(13-40)19-12-34-41(14-19)15-29(31,32)33/h7-8,10-12,14,17-18,35H,5-6,9,13,15H2,1-4H3,(H,38,42)/t17-,18+/m1/s1. The normalized spacial score (nSPS) is 16.4. The van der Waals surface area contributed by atoms with Crippen molar-refractivity contribution >= 4 is 50.1 Å². The van der Waals surface area contributed by atoms with Gasteiger partial charge in [0.2, 0.25) is 16.0 Å². The van der Waals surface area contributed by atoms with Gasteiger partial charge in [-0.1, -0.05) is 17.7 Å². The number of aryl methyl sites for hydroxylation is 1. The number of nitrogens with zero attached hydrogens (tertiary/aromatic N) is 6. The van der Waals surface area contributed by atoms with Gasteiger partial charge in [-0.3, -0.25) is 18.8 Å². The zero-order valence-electron chi connectivity index (χ0n) is 25.4. The smallest absolute Gasteiger partial charge is 0.377 e. The number of alkyl halides is 3. The Morgan fingerprint density at radius 2 is 1.96 bits per heavy atom. The number of nitrogens with one attached hydrogen (secondary N) is 2. The molecule has 2 N–H and O–H groups in total. The first-order chi connectivity index (χ1) is 21.5. The molecule has 246 valence electrons. The lowest BCUT2D eigenvalue weighted by molar-refractivity contribution is -0.142. The van der Waals surface area contributed by atoms with E-state index in [4.69, 9.17) is 16.6 Å². The fourth-order valence-electron chi connectivity index (χ4n) is 5.70. The SMILES string of the molecule is Cc1cc([C@@H](C)Nc2ccc(Cl)nc2C(=O)NS(C)(=O)=O)c2nc(N3CCC[C@H](c4cnn(CC(F)(F)F)c4)C3)n(C)c(=O)c2c1. The van der Waals surface area contributed by atoms with Crippen LogP contribution < -0.4 is 20.5 Å². The number of carbonyl (C=O) groups excluding carboxylic acids is 1. The maximum absolute atomic E-state index is 13.7. The summed E-state index contributed by atoms with van der Waals surface area (Å²) in [7, 11) is -2.25. The first kappa shape index (κ1) is 33.2. The van der Waals surface area contributed by atoms with Crippen LogP contribution in [0.2, 0.25) is 5.15 Å². The minimum Gasteiger partial charge on any atom is -0.377 e. The Hall–Kier alpha value is -4.18. The third-order valence-electron chi connectivity index (χ3n) is 7.69. The van der Waals surface area contributed by atoms with E-state index in [1.165, 1.54) is 29.1 Å². The summed E-state index contributed by atoms with van der Waals surface area (Å²) >= 11 is 6.01. The van der Waals surface area contributed by atoms with Crippen LogP contribution in [0.15, 0.2) is 41.5 Å². The van der Waals surface area contributed by atoms with Crippen LogP contribution in [0.4, 0.5) is 24.8 Å². The minimum atomic E-state index is -4.38. The predicted octanol–water partition coefficient (Wildman–Crippen LogP) is 4.30. The highest BCUT2D eigenvalue weighted by Gasteiger charge is 2.30. The topological polar surface area (TPSA) is 144 Å². The van der Waals surface area contributed by atoms with Crippen LogP contribution in [0.25, 0.3) is 10.9 Å². The molecule has 4 heterocycles. The van der Waals surface area contributed by atoms with E-state index < -0.39 is 34.7 Å². The van der Waals surface area contributed by atoms with E-state index in [-0.39, 0.29) is 28.0 Å². The maximum atomic E-state index is 13.7. The second-order valence-electron chi connectivity index (χ2n) is 11.5. The molecule has 1 aromatic carbocycles. The molecule has 2 atom stereocenters. The number of benzene rings is 1. The average molecular weight is 681 g/mol. The van der Waals surface area contributed by atoms with E-state index in [0.717, 1.165) is 29.3 Å². The molecular weight excluding hydrogens is 649 g/mol. The van der Waals surface area contributed by atoms with Gasteiger partial charge in [-0.2, -0.15) is 18.3 Å². The highest BCUT2D eigenvalue weighted by molar-refractivity contribution is 7.89. The molecule has 0 unspecified atom stereocenters. The van der Waals surface area contributed by atoms with E-state index in [1.807, 2.05) is 22.6 Å². The molecule has 1 aliphatic rings. The number of sulfonamides is 1. The number of hydrogen-bond donors (Lipinski definition) is 2. The molecule has 4 aromatic rings. The van der Waals surface area contributed by atoms with Gasteiger partial charge >= 0.3 is 6.18 Å². The first-order valence-corrected chi connectivity index (χ1v) is 16.6. The summed E-state index contributed by atoms with van der Waals surface area (Å²) in [5.74, 6) is -0.675. The van der Waals surface area contributed by atoms with Gasteiger partial charge in [-0.15, -0.1) is 0 Å². The van der Waals surface area contributed by atoms with Gasteiger partial charge in [0.15, 0.2) is 5.69 Å². The van der Waals surface area contributed by atoms with Gasteiger partial charge in [-0.25, -0.2) is 23.1 Å². The fraction of sp³-hybridized carbons (Fsp3) is 0.414. The summed E-state index contributed by atoms with van der Waals surface area (Å²) in [6.07, 6.45) is 0.801. The Morgan fingerprint density at radius 3 is 2.65 bits per heavy atom. The number of aromatic nitrogens is 5. The maximum Gasteiger partial charge on any atom is 0.408 e. The van der Waals surface area contributed by atoms with Crippen LogP contribution in [0.3, 0.4) is 0 Å². The van der Waals surface area contributed by atoms with Crippen molar-refractivity contribution in [2.24, 2.45) is 7.05 Å². The number of carbonyl (C=O) groups is 1. The first-order valence-electron chi connectivity index (χ1n) is 14.3. The van der Waals surface area contributed by atoms with Crippen molar-refractivity contribution in [3.63, 3.8) is 0 Å². The molecule has 5 rings (SSSR count). The summed E-state index contributed by atoms with van der Waals surface area (Å²) in [6.45, 7) is 3.48. The highest BCUT2D eigenvalue weighted by atomic mass is 35.5. The van der Waals surface area contributed by atoms with Crippen LogP contribution in [-0.4, -0.2) is 64.2 Å². The molecule has 46 heavy (non-hydrogen) atoms. The van der Waals surface area contributed by atoms with Gasteiger partial charge in [0, 0.05) is 37.8 Å².